The number of carbonyl (C=O) groups is 1. The van der Waals surface area contributed by atoms with Gasteiger partial charge in [-0.2, -0.15) is 0 Å². The predicted octanol–water partition coefficient (Wildman–Crippen LogP) is 2.76. The molecule has 1 amide bonds. The molecule has 0 spiro atoms. The lowest BCUT2D eigenvalue weighted by Crippen LogP contribution is -2.72. The van der Waals surface area contributed by atoms with Gasteiger partial charge in [0.25, 0.3) is 0 Å². The number of amides is 1. The van der Waals surface area contributed by atoms with Crippen LogP contribution in [0.1, 0.15) is 17.0 Å². The molecule has 136 valence electrons. The second-order valence-corrected chi connectivity index (χ2v) is 7.91. The molecule has 0 aromatic heterocycles. The minimum absolute atomic E-state index is 0.0269. The van der Waals surface area contributed by atoms with Gasteiger partial charge in [-0.05, 0) is 35.4 Å². The van der Waals surface area contributed by atoms with E-state index in [0.29, 0.717) is 13.1 Å². The summed E-state index contributed by atoms with van der Waals surface area (Å²) in [5.74, 6) is -0.0708. The number of halogens is 2. The summed E-state index contributed by atoms with van der Waals surface area (Å²) in [6, 6.07) is 14.4. The zero-order valence-corrected chi connectivity index (χ0v) is 15.8. The average Bonchev–Trinajstić information content (AvgIpc) is 2.61. The minimum Gasteiger partial charge on any atom is -0.394 e. The fourth-order valence-electron chi connectivity index (χ4n) is 4.22. The summed E-state index contributed by atoms with van der Waals surface area (Å²) in [7, 11) is 0. The highest BCUT2D eigenvalue weighted by molar-refractivity contribution is 9.10. The van der Waals surface area contributed by atoms with Crippen LogP contribution in [0.3, 0.4) is 0 Å². The molecule has 0 unspecified atom stereocenters. The van der Waals surface area contributed by atoms with Crippen LogP contribution in [0.5, 0.6) is 0 Å². The Kier molecular flexibility index (Phi) is 4.82. The summed E-state index contributed by atoms with van der Waals surface area (Å²) in [6.45, 7) is 1.67. The Hall–Kier alpha value is -1.76. The fourth-order valence-corrected chi connectivity index (χ4v) is 4.48. The monoisotopic (exact) mass is 418 g/mol. The van der Waals surface area contributed by atoms with E-state index >= 15 is 0 Å². The third-order valence-corrected chi connectivity index (χ3v) is 5.93. The quantitative estimate of drug-likeness (QED) is 0.829. The van der Waals surface area contributed by atoms with E-state index in [-0.39, 0.29) is 36.3 Å². The van der Waals surface area contributed by atoms with Gasteiger partial charge in [0.05, 0.1) is 25.2 Å². The van der Waals surface area contributed by atoms with Crippen molar-refractivity contribution in [1.82, 2.24) is 9.80 Å². The largest absolute Gasteiger partial charge is 0.394 e. The van der Waals surface area contributed by atoms with Gasteiger partial charge in [-0.3, -0.25) is 9.69 Å². The standard InChI is InChI=1S/C20H20BrFN2O2/c21-15-5-3-14(4-6-15)20-17-10-23(9-13-1-7-16(22)8-2-13)11-19(26)24(17)18(20)12-25/h1-8,17-18,20,25H,9-12H2/t17-,18-,20-/m0/s1. The highest BCUT2D eigenvalue weighted by atomic mass is 79.9. The van der Waals surface area contributed by atoms with Crippen molar-refractivity contribution < 1.29 is 14.3 Å². The highest BCUT2D eigenvalue weighted by Gasteiger charge is 2.53. The van der Waals surface area contributed by atoms with Crippen molar-refractivity contribution in [2.75, 3.05) is 19.7 Å². The second kappa shape index (κ2) is 7.10. The van der Waals surface area contributed by atoms with E-state index in [1.165, 1.54) is 12.1 Å². The summed E-state index contributed by atoms with van der Waals surface area (Å²) in [4.78, 5) is 16.6. The smallest absolute Gasteiger partial charge is 0.237 e. The number of aliphatic hydroxyl groups is 1. The zero-order valence-electron chi connectivity index (χ0n) is 14.2. The molecule has 2 heterocycles. The molecule has 3 atom stereocenters. The van der Waals surface area contributed by atoms with E-state index in [9.17, 15) is 14.3 Å². The van der Waals surface area contributed by atoms with Crippen LogP contribution in [0.25, 0.3) is 0 Å². The van der Waals surface area contributed by atoms with E-state index in [0.717, 1.165) is 22.1 Å². The van der Waals surface area contributed by atoms with Gasteiger partial charge in [0.15, 0.2) is 0 Å². The van der Waals surface area contributed by atoms with Gasteiger partial charge >= 0.3 is 0 Å². The number of hydrogen-bond acceptors (Lipinski definition) is 3. The molecule has 4 rings (SSSR count). The number of carbonyl (C=O) groups excluding carboxylic acids is 1. The first-order valence-corrected chi connectivity index (χ1v) is 9.50. The SMILES string of the molecule is O=C1CN(Cc2ccc(F)cc2)C[C@H]2[C@H](c3ccc(Br)cc3)[C@H](CO)N12. The number of rotatable bonds is 4. The Balaban J connectivity index is 1.53. The van der Waals surface area contributed by atoms with Gasteiger partial charge in [0, 0.05) is 23.5 Å². The lowest BCUT2D eigenvalue weighted by molar-refractivity contribution is -0.162. The van der Waals surface area contributed by atoms with E-state index in [1.54, 1.807) is 12.1 Å². The van der Waals surface area contributed by atoms with E-state index < -0.39 is 0 Å². The molecule has 6 heteroatoms. The minimum atomic E-state index is -0.255. The molecule has 4 nitrogen and oxygen atoms in total. The average molecular weight is 419 g/mol. The Morgan fingerprint density at radius 2 is 1.81 bits per heavy atom. The van der Waals surface area contributed by atoms with Crippen molar-refractivity contribution in [2.45, 2.75) is 24.5 Å². The number of aliphatic hydroxyl groups excluding tert-OH is 1. The molecule has 0 aliphatic carbocycles. The van der Waals surface area contributed by atoms with Gasteiger partial charge in [0.2, 0.25) is 5.91 Å². The molecular weight excluding hydrogens is 399 g/mol. The number of fused-ring (bicyclic) bond motifs is 1. The molecule has 2 aromatic rings. The molecule has 0 bridgehead atoms. The molecular formula is C20H20BrFN2O2. The highest BCUT2D eigenvalue weighted by Crippen LogP contribution is 2.43. The Morgan fingerprint density at radius 3 is 2.46 bits per heavy atom. The van der Waals surface area contributed by atoms with Crippen molar-refractivity contribution in [2.24, 2.45) is 0 Å². The van der Waals surface area contributed by atoms with Crippen molar-refractivity contribution in [3.05, 3.63) is 69.9 Å². The third kappa shape index (κ3) is 3.17. The predicted molar refractivity (Wildman–Crippen MR) is 100 cm³/mol. The van der Waals surface area contributed by atoms with Crippen molar-refractivity contribution >= 4 is 21.8 Å². The van der Waals surface area contributed by atoms with Crippen LogP contribution in [0, 0.1) is 5.82 Å². The maximum Gasteiger partial charge on any atom is 0.237 e. The van der Waals surface area contributed by atoms with Gasteiger partial charge in [-0.25, -0.2) is 4.39 Å². The van der Waals surface area contributed by atoms with Gasteiger partial charge in [-0.1, -0.05) is 40.2 Å². The molecule has 0 radical (unpaired) electrons. The summed E-state index contributed by atoms with van der Waals surface area (Å²) in [5.41, 5.74) is 2.14. The first kappa shape index (κ1) is 17.6. The van der Waals surface area contributed by atoms with Crippen LogP contribution in [-0.4, -0.2) is 52.6 Å². The molecule has 26 heavy (non-hydrogen) atoms. The van der Waals surface area contributed by atoms with E-state index in [2.05, 4.69) is 33.0 Å². The van der Waals surface area contributed by atoms with Gasteiger partial charge < -0.3 is 10.0 Å². The molecule has 2 aromatic carbocycles. The summed E-state index contributed by atoms with van der Waals surface area (Å²) in [5, 5.41) is 9.80. The molecule has 2 saturated heterocycles. The first-order chi connectivity index (χ1) is 12.6. The number of benzene rings is 2. The molecule has 0 saturated carbocycles. The Labute approximate surface area is 160 Å². The van der Waals surface area contributed by atoms with Crippen LogP contribution < -0.4 is 0 Å². The Bertz CT molecular complexity index is 796. The van der Waals surface area contributed by atoms with Crippen LogP contribution in [-0.2, 0) is 11.3 Å². The zero-order chi connectivity index (χ0) is 18.3. The topological polar surface area (TPSA) is 43.8 Å². The van der Waals surface area contributed by atoms with Crippen molar-refractivity contribution in [1.29, 1.82) is 0 Å². The lowest BCUT2D eigenvalue weighted by Gasteiger charge is -2.59. The lowest BCUT2D eigenvalue weighted by atomic mass is 9.74. The van der Waals surface area contributed by atoms with Crippen LogP contribution in [0.2, 0.25) is 0 Å². The summed E-state index contributed by atoms with van der Waals surface area (Å²) < 4.78 is 14.1. The third-order valence-electron chi connectivity index (χ3n) is 5.40. The molecule has 1 N–H and O–H groups in total. The van der Waals surface area contributed by atoms with E-state index in [1.807, 2.05) is 17.0 Å². The van der Waals surface area contributed by atoms with Crippen molar-refractivity contribution in [3.8, 4) is 0 Å². The summed E-state index contributed by atoms with van der Waals surface area (Å²) in [6.07, 6.45) is 0. The molecule has 2 fully saturated rings. The number of hydrogen-bond donors (Lipinski definition) is 1. The van der Waals surface area contributed by atoms with Crippen LogP contribution in [0.4, 0.5) is 4.39 Å². The maximum absolute atomic E-state index is 13.1. The van der Waals surface area contributed by atoms with Gasteiger partial charge in [0.1, 0.15) is 5.82 Å². The van der Waals surface area contributed by atoms with Crippen LogP contribution in [0.15, 0.2) is 53.0 Å². The van der Waals surface area contributed by atoms with E-state index in [4.69, 9.17) is 0 Å². The first-order valence-electron chi connectivity index (χ1n) is 8.71. The van der Waals surface area contributed by atoms with Crippen molar-refractivity contribution in [3.63, 3.8) is 0 Å². The van der Waals surface area contributed by atoms with Crippen LogP contribution >= 0.6 is 15.9 Å². The normalized spacial score (nSPS) is 25.7. The van der Waals surface area contributed by atoms with Gasteiger partial charge in [-0.15, -0.1) is 0 Å². The second-order valence-electron chi connectivity index (χ2n) is 6.99. The Morgan fingerprint density at radius 1 is 1.12 bits per heavy atom. The fraction of sp³-hybridized carbons (Fsp3) is 0.350. The molecule has 2 aliphatic heterocycles. The number of nitrogens with zero attached hydrogens (tertiary/aromatic N) is 2. The maximum atomic E-state index is 13.1. The molecule has 2 aliphatic rings. The summed E-state index contributed by atoms with van der Waals surface area (Å²) >= 11 is 3.45. The number of piperazine rings is 1.